The number of rotatable bonds is 3. The maximum Gasteiger partial charge on any atom is 0.175 e. The average molecular weight is 258 g/mol. The van der Waals surface area contributed by atoms with Gasteiger partial charge in [-0.05, 0) is 17.9 Å². The highest BCUT2D eigenvalue weighted by Crippen LogP contribution is 2.61. The quantitative estimate of drug-likeness (QED) is 0.916. The Hall–Kier alpha value is -1.97. The van der Waals surface area contributed by atoms with Gasteiger partial charge in [-0.2, -0.15) is 0 Å². The molecule has 0 spiro atoms. The molecule has 1 aromatic carbocycles. The average Bonchev–Trinajstić information content (AvgIpc) is 2.86. The van der Waals surface area contributed by atoms with Crippen molar-refractivity contribution in [3.8, 4) is 16.9 Å². The van der Waals surface area contributed by atoms with Crippen LogP contribution < -0.4 is 10.5 Å². The summed E-state index contributed by atoms with van der Waals surface area (Å²) in [5.41, 5.74) is 8.09. The number of anilines is 1. The molecule has 1 fully saturated rings. The van der Waals surface area contributed by atoms with Crippen molar-refractivity contribution in [2.45, 2.75) is 26.2 Å². The first-order chi connectivity index (χ1) is 9.04. The van der Waals surface area contributed by atoms with E-state index in [1.54, 1.807) is 7.11 Å². The fourth-order valence-electron chi connectivity index (χ4n) is 2.59. The van der Waals surface area contributed by atoms with Crippen molar-refractivity contribution in [2.75, 3.05) is 12.8 Å². The van der Waals surface area contributed by atoms with Crippen LogP contribution in [0.4, 0.5) is 5.82 Å². The lowest BCUT2D eigenvalue weighted by atomic mass is 9.99. The zero-order valence-electron chi connectivity index (χ0n) is 11.4. The van der Waals surface area contributed by atoms with E-state index >= 15 is 0 Å². The number of hydrogen-bond donors (Lipinski definition) is 1. The molecule has 1 aromatic heterocycles. The van der Waals surface area contributed by atoms with E-state index in [0.29, 0.717) is 11.7 Å². The van der Waals surface area contributed by atoms with Crippen molar-refractivity contribution in [1.82, 2.24) is 5.16 Å². The van der Waals surface area contributed by atoms with Gasteiger partial charge in [0.15, 0.2) is 11.6 Å². The van der Waals surface area contributed by atoms with Gasteiger partial charge in [0.1, 0.15) is 5.75 Å². The Kier molecular flexibility index (Phi) is 2.55. The molecule has 2 aromatic rings. The minimum Gasteiger partial charge on any atom is -0.496 e. The summed E-state index contributed by atoms with van der Waals surface area (Å²) < 4.78 is 10.9. The van der Waals surface area contributed by atoms with Crippen molar-refractivity contribution in [1.29, 1.82) is 0 Å². The molecule has 0 amide bonds. The first-order valence-electron chi connectivity index (χ1n) is 6.43. The van der Waals surface area contributed by atoms with Crippen molar-refractivity contribution < 1.29 is 9.26 Å². The zero-order chi connectivity index (χ0) is 13.6. The van der Waals surface area contributed by atoms with Crippen LogP contribution in [0.5, 0.6) is 5.75 Å². The molecule has 19 heavy (non-hydrogen) atoms. The number of ether oxygens (including phenoxy) is 1. The monoisotopic (exact) mass is 258 g/mol. The summed E-state index contributed by atoms with van der Waals surface area (Å²) in [6.45, 7) is 4.45. The molecule has 4 nitrogen and oxygen atoms in total. The first-order valence-corrected chi connectivity index (χ1v) is 6.43. The Bertz CT molecular complexity index is 616. The SMILES string of the molecule is COc1ccccc1-c1c(N)noc1C1CC1(C)C. The highest BCUT2D eigenvalue weighted by atomic mass is 16.5. The molecule has 100 valence electrons. The molecule has 2 N–H and O–H groups in total. The Balaban J connectivity index is 2.13. The van der Waals surface area contributed by atoms with Crippen LogP contribution in [0.2, 0.25) is 0 Å². The summed E-state index contributed by atoms with van der Waals surface area (Å²) in [4.78, 5) is 0. The van der Waals surface area contributed by atoms with E-state index in [9.17, 15) is 0 Å². The van der Waals surface area contributed by atoms with Crippen LogP contribution >= 0.6 is 0 Å². The smallest absolute Gasteiger partial charge is 0.175 e. The molecule has 1 unspecified atom stereocenters. The third-order valence-electron chi connectivity index (χ3n) is 3.95. The largest absolute Gasteiger partial charge is 0.496 e. The van der Waals surface area contributed by atoms with E-state index in [-0.39, 0.29) is 5.41 Å². The number of aromatic nitrogens is 1. The summed E-state index contributed by atoms with van der Waals surface area (Å²) >= 11 is 0. The summed E-state index contributed by atoms with van der Waals surface area (Å²) in [7, 11) is 1.66. The second kappa shape index (κ2) is 4.02. The molecule has 3 rings (SSSR count). The molecule has 1 saturated carbocycles. The molecule has 1 heterocycles. The van der Waals surface area contributed by atoms with Gasteiger partial charge in [-0.1, -0.05) is 37.2 Å². The van der Waals surface area contributed by atoms with E-state index in [0.717, 1.165) is 29.1 Å². The van der Waals surface area contributed by atoms with Gasteiger partial charge >= 0.3 is 0 Å². The number of benzene rings is 1. The number of nitrogens with two attached hydrogens (primary N) is 1. The van der Waals surface area contributed by atoms with E-state index in [1.165, 1.54) is 0 Å². The standard InChI is InChI=1S/C15H18N2O2/c1-15(2)8-10(15)13-12(14(16)17-19-13)9-6-4-5-7-11(9)18-3/h4-7,10H,8H2,1-3H3,(H2,16,17). The van der Waals surface area contributed by atoms with E-state index < -0.39 is 0 Å². The Morgan fingerprint density at radius 3 is 2.68 bits per heavy atom. The molecule has 0 radical (unpaired) electrons. The normalized spacial score (nSPS) is 20.3. The molecule has 4 heteroatoms. The maximum atomic E-state index is 5.99. The molecule has 0 saturated heterocycles. The Morgan fingerprint density at radius 1 is 1.37 bits per heavy atom. The fraction of sp³-hybridized carbons (Fsp3) is 0.400. The van der Waals surface area contributed by atoms with Crippen molar-refractivity contribution in [2.24, 2.45) is 5.41 Å². The predicted octanol–water partition coefficient (Wildman–Crippen LogP) is 3.45. The highest BCUT2D eigenvalue weighted by molar-refractivity contribution is 5.80. The van der Waals surface area contributed by atoms with Crippen molar-refractivity contribution in [3.63, 3.8) is 0 Å². The summed E-state index contributed by atoms with van der Waals surface area (Å²) in [5, 5.41) is 3.94. The summed E-state index contributed by atoms with van der Waals surface area (Å²) in [5.74, 6) is 2.49. The number of methoxy groups -OCH3 is 1. The van der Waals surface area contributed by atoms with Gasteiger partial charge in [0.05, 0.1) is 12.7 Å². The van der Waals surface area contributed by atoms with Gasteiger partial charge in [-0.15, -0.1) is 0 Å². The number of hydrogen-bond acceptors (Lipinski definition) is 4. The minimum absolute atomic E-state index is 0.267. The maximum absolute atomic E-state index is 5.99. The number of nitrogens with zero attached hydrogens (tertiary/aromatic N) is 1. The fourth-order valence-corrected chi connectivity index (χ4v) is 2.59. The van der Waals surface area contributed by atoms with Gasteiger partial charge in [-0.3, -0.25) is 0 Å². The lowest BCUT2D eigenvalue weighted by Gasteiger charge is -2.09. The van der Waals surface area contributed by atoms with Crippen LogP contribution in [-0.2, 0) is 0 Å². The third-order valence-corrected chi connectivity index (χ3v) is 3.95. The molecular formula is C15H18N2O2. The topological polar surface area (TPSA) is 61.3 Å². The van der Waals surface area contributed by atoms with E-state index in [1.807, 2.05) is 24.3 Å². The van der Waals surface area contributed by atoms with Crippen LogP contribution in [0.15, 0.2) is 28.8 Å². The molecular weight excluding hydrogens is 240 g/mol. The number of para-hydroxylation sites is 1. The van der Waals surface area contributed by atoms with Gasteiger partial charge < -0.3 is 15.0 Å². The highest BCUT2D eigenvalue weighted by Gasteiger charge is 2.50. The van der Waals surface area contributed by atoms with Crippen LogP contribution in [0.25, 0.3) is 11.1 Å². The van der Waals surface area contributed by atoms with E-state index in [4.69, 9.17) is 15.0 Å². The molecule has 1 atom stereocenters. The van der Waals surface area contributed by atoms with Crippen LogP contribution in [0.1, 0.15) is 31.9 Å². The van der Waals surface area contributed by atoms with E-state index in [2.05, 4.69) is 19.0 Å². The molecule has 1 aliphatic rings. The van der Waals surface area contributed by atoms with Crippen LogP contribution in [0, 0.1) is 5.41 Å². The Labute approximate surface area is 112 Å². The molecule has 0 aliphatic heterocycles. The van der Waals surface area contributed by atoms with Gasteiger partial charge in [0.2, 0.25) is 0 Å². The first kappa shape index (κ1) is 12.1. The lowest BCUT2D eigenvalue weighted by molar-refractivity contribution is 0.376. The second-order valence-electron chi connectivity index (χ2n) is 5.75. The van der Waals surface area contributed by atoms with Crippen molar-refractivity contribution in [3.05, 3.63) is 30.0 Å². The summed E-state index contributed by atoms with van der Waals surface area (Å²) in [6, 6.07) is 7.81. The van der Waals surface area contributed by atoms with Crippen LogP contribution in [0.3, 0.4) is 0 Å². The van der Waals surface area contributed by atoms with Gasteiger partial charge in [0.25, 0.3) is 0 Å². The summed E-state index contributed by atoms with van der Waals surface area (Å²) in [6.07, 6.45) is 1.10. The predicted molar refractivity (Wildman–Crippen MR) is 74.0 cm³/mol. The number of nitrogen functional groups attached to an aromatic ring is 1. The minimum atomic E-state index is 0.267. The zero-order valence-corrected chi connectivity index (χ0v) is 11.4. The third kappa shape index (κ3) is 1.87. The Morgan fingerprint density at radius 2 is 2.05 bits per heavy atom. The van der Waals surface area contributed by atoms with Gasteiger partial charge in [-0.25, -0.2) is 0 Å². The lowest BCUT2D eigenvalue weighted by Crippen LogP contribution is -1.95. The van der Waals surface area contributed by atoms with Crippen molar-refractivity contribution >= 4 is 5.82 Å². The molecule has 1 aliphatic carbocycles. The van der Waals surface area contributed by atoms with Crippen LogP contribution in [-0.4, -0.2) is 12.3 Å². The molecule has 0 bridgehead atoms. The van der Waals surface area contributed by atoms with Gasteiger partial charge in [0, 0.05) is 11.5 Å². The second-order valence-corrected chi connectivity index (χ2v) is 5.75.